The van der Waals surface area contributed by atoms with Gasteiger partial charge in [-0.15, -0.1) is 0 Å². The van der Waals surface area contributed by atoms with Gasteiger partial charge in [0.05, 0.1) is 23.1 Å². The highest BCUT2D eigenvalue weighted by Crippen LogP contribution is 2.36. The Hall–Kier alpha value is -6.26. The summed E-state index contributed by atoms with van der Waals surface area (Å²) in [5, 5.41) is 4.13. The molecule has 1 aromatic heterocycles. The van der Waals surface area contributed by atoms with Gasteiger partial charge in [0.15, 0.2) is 5.84 Å². The summed E-state index contributed by atoms with van der Waals surface area (Å²) < 4.78 is 38.5. The van der Waals surface area contributed by atoms with Crippen LogP contribution in [0.1, 0.15) is 22.2 Å². The van der Waals surface area contributed by atoms with Gasteiger partial charge in [0.1, 0.15) is 5.84 Å². The van der Waals surface area contributed by atoms with Crippen molar-refractivity contribution in [2.45, 2.75) is 6.54 Å². The maximum atomic E-state index is 9.21. The minimum Gasteiger partial charge on any atom is -0.383 e. The molecular weight excluding hydrogens is 573 g/mol. The van der Waals surface area contributed by atoms with Crippen LogP contribution < -0.4 is 5.73 Å². The van der Waals surface area contributed by atoms with Crippen LogP contribution in [0.25, 0.3) is 49.4 Å². The van der Waals surface area contributed by atoms with Gasteiger partial charge in [0, 0.05) is 27.6 Å². The van der Waals surface area contributed by atoms with E-state index in [1.807, 2.05) is 126 Å². The number of amidine groups is 2. The fourth-order valence-corrected chi connectivity index (χ4v) is 6.08. The number of fused-ring (bicyclic) bond motifs is 5. The van der Waals surface area contributed by atoms with Crippen LogP contribution in [0.5, 0.6) is 0 Å². The monoisotopic (exact) mass is 608 g/mol. The van der Waals surface area contributed by atoms with E-state index in [4.69, 9.17) is 18.5 Å². The molecule has 0 unspecified atom stereocenters. The normalized spacial score (nSPS) is 13.4. The number of hydrogen-bond donors (Lipinski definition) is 1. The van der Waals surface area contributed by atoms with E-state index in [2.05, 4.69) is 24.3 Å². The largest absolute Gasteiger partial charge is 0.383 e. The Morgan fingerprint density at radius 1 is 0.574 bits per heavy atom. The Morgan fingerprint density at radius 2 is 1.21 bits per heavy atom. The maximum absolute atomic E-state index is 9.21. The van der Waals surface area contributed by atoms with Gasteiger partial charge in [-0.1, -0.05) is 146 Å². The first kappa shape index (κ1) is 24.0. The summed E-state index contributed by atoms with van der Waals surface area (Å²) in [7, 11) is 0. The van der Waals surface area contributed by atoms with Crippen molar-refractivity contribution < 1.29 is 5.48 Å². The number of aromatic nitrogens is 1. The lowest BCUT2D eigenvalue weighted by Gasteiger charge is -2.10. The van der Waals surface area contributed by atoms with Crippen molar-refractivity contribution in [1.82, 2.24) is 4.57 Å². The number of rotatable bonds is 6. The molecule has 2 N–H and O–H groups in total. The third-order valence-electron chi connectivity index (χ3n) is 8.38. The molecule has 0 amide bonds. The second-order valence-electron chi connectivity index (χ2n) is 11.3. The Labute approximate surface area is 279 Å². The lowest BCUT2D eigenvalue weighted by Crippen LogP contribution is -2.16. The molecule has 8 aromatic rings. The lowest BCUT2D eigenvalue weighted by molar-refractivity contribution is 1.05. The van der Waals surface area contributed by atoms with Gasteiger partial charge in [-0.25, -0.2) is 4.99 Å². The Morgan fingerprint density at radius 3 is 1.98 bits per heavy atom. The molecule has 7 aromatic carbocycles. The summed E-state index contributed by atoms with van der Waals surface area (Å²) in [6.07, 6.45) is 0. The van der Waals surface area contributed by atoms with Crippen LogP contribution in [-0.4, -0.2) is 16.2 Å². The van der Waals surface area contributed by atoms with Crippen molar-refractivity contribution >= 4 is 44.2 Å². The molecule has 0 radical (unpaired) electrons. The van der Waals surface area contributed by atoms with Crippen molar-refractivity contribution in [3.63, 3.8) is 0 Å². The lowest BCUT2D eigenvalue weighted by atomic mass is 10.0. The van der Waals surface area contributed by atoms with Crippen LogP contribution in [0.4, 0.5) is 0 Å². The highest BCUT2D eigenvalue weighted by molar-refractivity contribution is 6.21. The van der Waals surface area contributed by atoms with Crippen molar-refractivity contribution in [1.29, 1.82) is 0 Å². The molecular formula is C43H32N4. The fourth-order valence-electron chi connectivity index (χ4n) is 6.08. The molecule has 47 heavy (non-hydrogen) atoms. The third kappa shape index (κ3) is 5.47. The molecule has 4 heteroatoms. The van der Waals surface area contributed by atoms with Crippen LogP contribution in [0, 0.1) is 0 Å². The molecule has 224 valence electrons. The summed E-state index contributed by atoms with van der Waals surface area (Å²) >= 11 is 0. The Balaban J connectivity index is 1.21. The quantitative estimate of drug-likeness (QED) is 0.148. The standard InChI is InChI=1S/C43H32N4/c44-42(34-23-21-32(22-24-34)31-11-3-1-4-12-31)46-43(35-14-5-2-6-15-35)45-29-30-19-26-36(27-20-30)47-39-18-10-9-17-38(39)41-37-16-8-7-13-33(37)25-28-40(41)47/h1-28H,29H2,(H2,44,45,46)/i19D,20D,26D,27D. The highest BCUT2D eigenvalue weighted by atomic mass is 15.0. The van der Waals surface area contributed by atoms with E-state index in [0.29, 0.717) is 11.4 Å². The molecule has 0 spiro atoms. The Bertz CT molecular complexity index is 2620. The number of benzene rings is 7. The van der Waals surface area contributed by atoms with Gasteiger partial charge in [0.25, 0.3) is 0 Å². The molecule has 0 bridgehead atoms. The maximum Gasteiger partial charge on any atom is 0.157 e. The van der Waals surface area contributed by atoms with Crippen molar-refractivity contribution in [2.24, 2.45) is 15.7 Å². The minimum atomic E-state index is -0.151. The zero-order chi connectivity index (χ0) is 35.1. The zero-order valence-electron chi connectivity index (χ0n) is 29.5. The van der Waals surface area contributed by atoms with E-state index in [0.717, 1.165) is 49.3 Å². The summed E-state index contributed by atoms with van der Waals surface area (Å²) in [4.78, 5) is 9.47. The third-order valence-corrected chi connectivity index (χ3v) is 8.38. The van der Waals surface area contributed by atoms with E-state index < -0.39 is 0 Å². The summed E-state index contributed by atoms with van der Waals surface area (Å²) in [6, 6.07) is 46.8. The smallest absolute Gasteiger partial charge is 0.157 e. The Kier molecular flexibility index (Phi) is 6.27. The summed E-state index contributed by atoms with van der Waals surface area (Å²) in [5.74, 6) is 0.599. The van der Waals surface area contributed by atoms with Crippen molar-refractivity contribution in [3.8, 4) is 16.8 Å². The van der Waals surface area contributed by atoms with Crippen LogP contribution in [0.2, 0.25) is 0 Å². The highest BCUT2D eigenvalue weighted by Gasteiger charge is 2.14. The van der Waals surface area contributed by atoms with Crippen LogP contribution >= 0.6 is 0 Å². The average Bonchev–Trinajstić information content (AvgIpc) is 3.52. The molecule has 4 nitrogen and oxygen atoms in total. The molecule has 0 aliphatic carbocycles. The minimum absolute atomic E-state index is 0.124. The van der Waals surface area contributed by atoms with E-state index in [9.17, 15) is 2.74 Å². The number of nitrogens with two attached hydrogens (primary N) is 1. The average molecular weight is 609 g/mol. The summed E-state index contributed by atoms with van der Waals surface area (Å²) in [6.45, 7) is -0.124. The summed E-state index contributed by atoms with van der Waals surface area (Å²) in [5.41, 5.74) is 12.1. The van der Waals surface area contributed by atoms with Crippen molar-refractivity contribution in [2.75, 3.05) is 0 Å². The fraction of sp³-hybridized carbons (Fsp3) is 0.0233. The van der Waals surface area contributed by atoms with E-state index in [1.54, 1.807) is 0 Å². The molecule has 0 atom stereocenters. The zero-order valence-corrected chi connectivity index (χ0v) is 25.5. The van der Waals surface area contributed by atoms with E-state index in [-0.39, 0.29) is 47.8 Å². The first-order valence-electron chi connectivity index (χ1n) is 17.5. The van der Waals surface area contributed by atoms with Crippen LogP contribution in [0.15, 0.2) is 180 Å². The second-order valence-corrected chi connectivity index (χ2v) is 11.3. The number of hydrogen-bond acceptors (Lipinski definition) is 1. The van der Waals surface area contributed by atoms with Crippen LogP contribution in [-0.2, 0) is 6.54 Å². The first-order valence-corrected chi connectivity index (χ1v) is 15.5. The van der Waals surface area contributed by atoms with Gasteiger partial charge in [-0.05, 0) is 51.7 Å². The predicted molar refractivity (Wildman–Crippen MR) is 198 cm³/mol. The topological polar surface area (TPSA) is 55.7 Å². The predicted octanol–water partition coefficient (Wildman–Crippen LogP) is 9.96. The molecule has 0 saturated carbocycles. The molecule has 0 aliphatic rings. The number of nitrogens with zero attached hydrogens (tertiary/aromatic N) is 3. The second kappa shape index (κ2) is 12.3. The van der Waals surface area contributed by atoms with Gasteiger partial charge in [0.2, 0.25) is 0 Å². The first-order chi connectivity index (χ1) is 24.9. The molecule has 0 aliphatic heterocycles. The molecule has 0 fully saturated rings. The van der Waals surface area contributed by atoms with E-state index >= 15 is 0 Å². The van der Waals surface area contributed by atoms with Gasteiger partial charge in [-0.3, -0.25) is 4.99 Å². The molecule has 1 heterocycles. The van der Waals surface area contributed by atoms with Crippen LogP contribution in [0.3, 0.4) is 0 Å². The molecule has 8 rings (SSSR count). The van der Waals surface area contributed by atoms with Gasteiger partial charge < -0.3 is 10.3 Å². The SMILES string of the molecule is [2H]c1c([2H])c(-n2c3ccccc3c3c4ccccc4ccc32)c([2H])c([2H])c1CN=C(N=C(N)c1ccc(-c2ccccc2)cc1)c1ccccc1. The van der Waals surface area contributed by atoms with Gasteiger partial charge in [-0.2, -0.15) is 0 Å². The number of aliphatic imine (C=N–C) groups is 2. The van der Waals surface area contributed by atoms with E-state index in [1.165, 1.54) is 0 Å². The number of para-hydroxylation sites is 1. The van der Waals surface area contributed by atoms with Crippen molar-refractivity contribution in [3.05, 3.63) is 186 Å². The van der Waals surface area contributed by atoms with Gasteiger partial charge >= 0.3 is 0 Å². The molecule has 0 saturated heterocycles.